The van der Waals surface area contributed by atoms with E-state index in [1.165, 1.54) is 12.1 Å². The highest BCUT2D eigenvalue weighted by atomic mass is 35.5. The molecule has 0 bridgehead atoms. The van der Waals surface area contributed by atoms with Gasteiger partial charge < -0.3 is 20.4 Å². The Bertz CT molecular complexity index is 449. The van der Waals surface area contributed by atoms with Crippen LogP contribution in [0.3, 0.4) is 0 Å². The van der Waals surface area contributed by atoms with Crippen molar-refractivity contribution in [3.8, 4) is 0 Å². The Morgan fingerprint density at radius 2 is 1.80 bits per heavy atom. The Morgan fingerprint density at radius 3 is 2.40 bits per heavy atom. The third-order valence-electron chi connectivity index (χ3n) is 3.79. The molecule has 2 heterocycles. The fraction of sp³-hybridized carbons (Fsp3) is 0.429. The number of hydrogen-bond acceptors (Lipinski definition) is 4. The van der Waals surface area contributed by atoms with Gasteiger partial charge in [0.1, 0.15) is 0 Å². The van der Waals surface area contributed by atoms with E-state index in [1.807, 2.05) is 12.1 Å². The zero-order chi connectivity index (χ0) is 12.5. The summed E-state index contributed by atoms with van der Waals surface area (Å²) >= 11 is 0. The van der Waals surface area contributed by atoms with Gasteiger partial charge in [-0.25, -0.2) is 0 Å². The molecular weight excluding hydrogens is 295 g/mol. The van der Waals surface area contributed by atoms with E-state index in [2.05, 4.69) is 46.3 Å². The predicted molar refractivity (Wildman–Crippen MR) is 89.6 cm³/mol. The van der Waals surface area contributed by atoms with Gasteiger partial charge in [-0.2, -0.15) is 0 Å². The van der Waals surface area contributed by atoms with Crippen molar-refractivity contribution in [3.05, 3.63) is 36.7 Å². The Balaban J connectivity index is 0.000001000. The molecule has 0 saturated carbocycles. The summed E-state index contributed by atoms with van der Waals surface area (Å²) < 4.78 is 0. The summed E-state index contributed by atoms with van der Waals surface area (Å²) in [6.45, 7) is 3.24. The van der Waals surface area contributed by atoms with Crippen molar-refractivity contribution in [2.24, 2.45) is 0 Å². The number of nitrogens with zero attached hydrogens (tertiary/aromatic N) is 3. The lowest BCUT2D eigenvalue weighted by Crippen LogP contribution is -2.35. The molecule has 2 aliphatic heterocycles. The van der Waals surface area contributed by atoms with Crippen molar-refractivity contribution in [2.75, 3.05) is 37.4 Å². The van der Waals surface area contributed by atoms with Crippen LogP contribution in [-0.2, 0) is 0 Å². The van der Waals surface area contributed by atoms with E-state index in [1.54, 1.807) is 0 Å². The van der Waals surface area contributed by atoms with Crippen molar-refractivity contribution in [3.63, 3.8) is 0 Å². The molecule has 0 aromatic heterocycles. The van der Waals surface area contributed by atoms with Crippen molar-refractivity contribution >= 4 is 36.2 Å². The first-order valence-corrected chi connectivity index (χ1v) is 6.47. The maximum atomic E-state index is 5.73. The van der Waals surface area contributed by atoms with Crippen LogP contribution in [0.25, 0.3) is 0 Å². The molecule has 1 unspecified atom stereocenters. The standard InChI is InChI=1S/C14H20N4.2ClH/c1-16-8-9-18(11-16)14-6-7-17(10-14)13-4-2-12(15)3-5-13;;/h2-5,8-9,14H,6-7,10-11,15H2,1H3;2*1H. The summed E-state index contributed by atoms with van der Waals surface area (Å²) in [5.74, 6) is 0. The first kappa shape index (κ1) is 16.8. The molecule has 1 saturated heterocycles. The summed E-state index contributed by atoms with van der Waals surface area (Å²) in [7, 11) is 2.11. The lowest BCUT2D eigenvalue weighted by molar-refractivity contribution is 0.243. The third kappa shape index (κ3) is 3.44. The number of nitrogens with two attached hydrogens (primary N) is 1. The molecule has 20 heavy (non-hydrogen) atoms. The largest absolute Gasteiger partial charge is 0.399 e. The van der Waals surface area contributed by atoms with E-state index in [-0.39, 0.29) is 24.8 Å². The Kier molecular flexibility index (Phi) is 5.84. The van der Waals surface area contributed by atoms with Crippen LogP contribution < -0.4 is 10.6 Å². The minimum absolute atomic E-state index is 0. The van der Waals surface area contributed by atoms with Gasteiger partial charge >= 0.3 is 0 Å². The second-order valence-corrected chi connectivity index (χ2v) is 5.19. The van der Waals surface area contributed by atoms with E-state index >= 15 is 0 Å². The third-order valence-corrected chi connectivity index (χ3v) is 3.79. The van der Waals surface area contributed by atoms with Crippen LogP contribution >= 0.6 is 24.8 Å². The molecule has 3 rings (SSSR count). The van der Waals surface area contributed by atoms with Crippen molar-refractivity contribution in [1.29, 1.82) is 0 Å². The van der Waals surface area contributed by atoms with Gasteiger partial charge in [0, 0.05) is 50.0 Å². The fourth-order valence-corrected chi connectivity index (χ4v) is 2.72. The van der Waals surface area contributed by atoms with Crippen LogP contribution in [0.15, 0.2) is 36.7 Å². The highest BCUT2D eigenvalue weighted by Crippen LogP contribution is 2.25. The number of benzene rings is 1. The highest BCUT2D eigenvalue weighted by molar-refractivity contribution is 5.85. The maximum absolute atomic E-state index is 5.73. The molecule has 0 amide bonds. The Morgan fingerprint density at radius 1 is 1.10 bits per heavy atom. The van der Waals surface area contributed by atoms with Crippen LogP contribution in [0.2, 0.25) is 0 Å². The predicted octanol–water partition coefficient (Wildman–Crippen LogP) is 2.37. The van der Waals surface area contributed by atoms with Gasteiger partial charge in [-0.3, -0.25) is 0 Å². The highest BCUT2D eigenvalue weighted by Gasteiger charge is 2.28. The molecule has 0 spiro atoms. The molecule has 1 aromatic rings. The maximum Gasteiger partial charge on any atom is 0.0894 e. The van der Waals surface area contributed by atoms with Gasteiger partial charge in [-0.05, 0) is 30.7 Å². The first-order chi connectivity index (χ1) is 8.72. The normalized spacial score (nSPS) is 20.9. The topological polar surface area (TPSA) is 35.7 Å². The zero-order valence-electron chi connectivity index (χ0n) is 11.6. The average molecular weight is 317 g/mol. The van der Waals surface area contributed by atoms with E-state index in [4.69, 9.17) is 5.73 Å². The van der Waals surface area contributed by atoms with Gasteiger partial charge in [-0.1, -0.05) is 0 Å². The summed E-state index contributed by atoms with van der Waals surface area (Å²) in [5, 5.41) is 0. The number of rotatable bonds is 2. The molecule has 2 aliphatic rings. The molecule has 6 heteroatoms. The molecule has 2 N–H and O–H groups in total. The average Bonchev–Trinajstić information content (AvgIpc) is 2.98. The van der Waals surface area contributed by atoms with Gasteiger partial charge in [0.05, 0.1) is 6.67 Å². The smallest absolute Gasteiger partial charge is 0.0894 e. The van der Waals surface area contributed by atoms with Crippen LogP contribution in [0.4, 0.5) is 11.4 Å². The van der Waals surface area contributed by atoms with Gasteiger partial charge in [0.15, 0.2) is 0 Å². The van der Waals surface area contributed by atoms with Crippen LogP contribution in [0, 0.1) is 0 Å². The van der Waals surface area contributed by atoms with E-state index < -0.39 is 0 Å². The van der Waals surface area contributed by atoms with Crippen LogP contribution in [-0.4, -0.2) is 42.6 Å². The molecule has 1 aromatic carbocycles. The summed E-state index contributed by atoms with van der Waals surface area (Å²) in [6, 6.07) is 8.81. The quantitative estimate of drug-likeness (QED) is 0.850. The van der Waals surface area contributed by atoms with Crippen LogP contribution in [0.1, 0.15) is 6.42 Å². The van der Waals surface area contributed by atoms with Crippen molar-refractivity contribution in [1.82, 2.24) is 9.80 Å². The Labute approximate surface area is 133 Å². The number of halogens is 2. The fourth-order valence-electron chi connectivity index (χ4n) is 2.72. The SMILES string of the molecule is CN1C=CN(C2CCN(c3ccc(N)cc3)C2)C1.Cl.Cl. The molecule has 0 radical (unpaired) electrons. The van der Waals surface area contributed by atoms with E-state index in [0.29, 0.717) is 6.04 Å². The van der Waals surface area contributed by atoms with Crippen molar-refractivity contribution in [2.45, 2.75) is 12.5 Å². The van der Waals surface area contributed by atoms with E-state index in [9.17, 15) is 0 Å². The number of nitrogen functional groups attached to an aromatic ring is 1. The second kappa shape index (κ2) is 6.95. The summed E-state index contributed by atoms with van der Waals surface area (Å²) in [5.41, 5.74) is 7.84. The summed E-state index contributed by atoms with van der Waals surface area (Å²) in [4.78, 5) is 7.08. The molecule has 112 valence electrons. The molecule has 1 atom stereocenters. The number of hydrogen-bond donors (Lipinski definition) is 1. The molecule has 4 nitrogen and oxygen atoms in total. The molecular formula is C14H22Cl2N4. The minimum Gasteiger partial charge on any atom is -0.399 e. The van der Waals surface area contributed by atoms with E-state index in [0.717, 1.165) is 25.4 Å². The lowest BCUT2D eigenvalue weighted by atomic mass is 10.2. The monoisotopic (exact) mass is 316 g/mol. The van der Waals surface area contributed by atoms with Gasteiger partial charge in [0.2, 0.25) is 0 Å². The molecule has 0 aliphatic carbocycles. The van der Waals surface area contributed by atoms with Crippen molar-refractivity contribution < 1.29 is 0 Å². The summed E-state index contributed by atoms with van der Waals surface area (Å²) in [6.07, 6.45) is 5.57. The van der Waals surface area contributed by atoms with Gasteiger partial charge in [0.25, 0.3) is 0 Å². The zero-order valence-corrected chi connectivity index (χ0v) is 13.2. The lowest BCUT2D eigenvalue weighted by Gasteiger charge is -2.26. The second-order valence-electron chi connectivity index (χ2n) is 5.19. The van der Waals surface area contributed by atoms with Gasteiger partial charge in [-0.15, -0.1) is 24.8 Å². The first-order valence-electron chi connectivity index (χ1n) is 6.47. The number of anilines is 2. The minimum atomic E-state index is 0. The van der Waals surface area contributed by atoms with Crippen LogP contribution in [0.5, 0.6) is 0 Å². The Hall–Kier alpha value is -1.26. The molecule has 1 fully saturated rings.